The lowest BCUT2D eigenvalue weighted by molar-refractivity contribution is -0.120. The minimum absolute atomic E-state index is 0.102. The number of benzene rings is 1. The van der Waals surface area contributed by atoms with Crippen LogP contribution in [0.2, 0.25) is 0 Å². The summed E-state index contributed by atoms with van der Waals surface area (Å²) in [5, 5.41) is 7.44. The number of piperidine rings is 1. The highest BCUT2D eigenvalue weighted by molar-refractivity contribution is 5.93. The molecule has 2 saturated heterocycles. The molecule has 0 spiro atoms. The van der Waals surface area contributed by atoms with Crippen LogP contribution in [0.3, 0.4) is 0 Å². The largest absolute Gasteiger partial charge is 0.493 e. The summed E-state index contributed by atoms with van der Waals surface area (Å²) >= 11 is 0. The molecule has 1 aromatic heterocycles. The van der Waals surface area contributed by atoms with Gasteiger partial charge in [-0.05, 0) is 65.6 Å². The molecular formula is C31H51N7O3. The Morgan fingerprint density at radius 3 is 2.51 bits per heavy atom. The number of likely N-dealkylation sites (N-methyl/N-ethyl adjacent to an activating group) is 1. The highest BCUT2D eigenvalue weighted by Gasteiger charge is 2.24. The molecule has 1 aromatic carbocycles. The number of nitrogens with one attached hydrogen (secondary N) is 2. The van der Waals surface area contributed by atoms with Gasteiger partial charge in [0.2, 0.25) is 11.9 Å². The van der Waals surface area contributed by atoms with Crippen molar-refractivity contribution in [1.82, 2.24) is 25.1 Å². The second-order valence-corrected chi connectivity index (χ2v) is 11.8. The van der Waals surface area contributed by atoms with Crippen molar-refractivity contribution < 1.29 is 14.3 Å². The third kappa shape index (κ3) is 8.82. The Hall–Kier alpha value is -2.85. The smallest absolute Gasteiger partial charge is 0.227 e. The fourth-order valence-corrected chi connectivity index (χ4v) is 5.70. The van der Waals surface area contributed by atoms with Crippen LogP contribution in [0.5, 0.6) is 11.5 Å². The van der Waals surface area contributed by atoms with Gasteiger partial charge >= 0.3 is 0 Å². The number of carbonyl (C=O) groups excluding carboxylic acids is 1. The van der Waals surface area contributed by atoms with E-state index in [1.165, 1.54) is 0 Å². The highest BCUT2D eigenvalue weighted by Crippen LogP contribution is 2.36. The molecule has 0 bridgehead atoms. The maximum atomic E-state index is 11.4. The van der Waals surface area contributed by atoms with Gasteiger partial charge in [-0.1, -0.05) is 12.8 Å². The van der Waals surface area contributed by atoms with E-state index in [-0.39, 0.29) is 5.91 Å². The van der Waals surface area contributed by atoms with Crippen LogP contribution in [-0.4, -0.2) is 105 Å². The third-order valence-electron chi connectivity index (χ3n) is 8.41. The zero-order chi connectivity index (χ0) is 29.2. The molecule has 1 amide bonds. The minimum Gasteiger partial charge on any atom is -0.493 e. The average Bonchev–Trinajstić information content (AvgIpc) is 3.20. The van der Waals surface area contributed by atoms with E-state index in [2.05, 4.69) is 46.2 Å². The van der Waals surface area contributed by atoms with Gasteiger partial charge in [-0.15, -0.1) is 0 Å². The normalized spacial score (nSPS) is 17.6. The highest BCUT2D eigenvalue weighted by atomic mass is 16.5. The number of aromatic nitrogens is 2. The number of hydrogen-bond donors (Lipinski definition) is 2. The van der Waals surface area contributed by atoms with Crippen LogP contribution < -0.4 is 25.0 Å². The Morgan fingerprint density at radius 1 is 1.00 bits per heavy atom. The zero-order valence-electron chi connectivity index (χ0n) is 25.9. The van der Waals surface area contributed by atoms with Gasteiger partial charge in [0.05, 0.1) is 19.2 Å². The summed E-state index contributed by atoms with van der Waals surface area (Å²) in [6, 6.07) is 4.99. The first-order valence-corrected chi connectivity index (χ1v) is 15.5. The van der Waals surface area contributed by atoms with Gasteiger partial charge in [-0.3, -0.25) is 4.79 Å². The van der Waals surface area contributed by atoms with Crippen molar-refractivity contribution in [2.75, 3.05) is 77.3 Å². The fraction of sp³-hybridized carbons (Fsp3) is 0.710. The number of ether oxygens (including phenoxy) is 2. The van der Waals surface area contributed by atoms with E-state index >= 15 is 0 Å². The monoisotopic (exact) mass is 569 g/mol. The first-order valence-electron chi connectivity index (χ1n) is 15.5. The molecule has 2 aromatic rings. The van der Waals surface area contributed by atoms with Crippen LogP contribution >= 0.6 is 0 Å². The predicted octanol–water partition coefficient (Wildman–Crippen LogP) is 4.14. The van der Waals surface area contributed by atoms with Crippen molar-refractivity contribution in [2.24, 2.45) is 0 Å². The van der Waals surface area contributed by atoms with Crippen LogP contribution in [0.4, 0.5) is 11.8 Å². The summed E-state index contributed by atoms with van der Waals surface area (Å²) in [6.45, 7) is 11.3. The van der Waals surface area contributed by atoms with E-state index in [1.807, 2.05) is 12.1 Å². The molecule has 4 rings (SSSR count). The van der Waals surface area contributed by atoms with Gasteiger partial charge in [0.25, 0.3) is 0 Å². The lowest BCUT2D eigenvalue weighted by Gasteiger charge is -2.35. The number of unbranched alkanes of at least 4 members (excludes halogenated alkanes) is 3. The molecule has 0 unspecified atom stereocenters. The van der Waals surface area contributed by atoms with Gasteiger partial charge < -0.3 is 34.8 Å². The number of amides is 1. The molecule has 41 heavy (non-hydrogen) atoms. The van der Waals surface area contributed by atoms with Gasteiger partial charge in [-0.2, -0.15) is 4.98 Å². The van der Waals surface area contributed by atoms with Gasteiger partial charge in [-0.25, -0.2) is 4.98 Å². The molecule has 0 aliphatic carbocycles. The van der Waals surface area contributed by atoms with Gasteiger partial charge in [0.1, 0.15) is 5.82 Å². The first kappa shape index (κ1) is 31.1. The molecule has 10 heteroatoms. The number of hydrogen-bond acceptors (Lipinski definition) is 9. The Bertz CT molecular complexity index is 1120. The standard InChI is InChI=1S/C31H51N7O3/c1-23(2)37-16-12-24(13-17-37)33-30-25-21-27(40-5)28(41-20-9-7-6-8-11-29(39)32-3)22-26(25)34-31(35-30)38-15-10-14-36(4)18-19-38/h21-24H,6-20H2,1-5H3,(H,32,39)(H,33,34,35). The number of nitrogens with zero attached hydrogens (tertiary/aromatic N) is 5. The van der Waals surface area contributed by atoms with E-state index in [1.54, 1.807) is 14.2 Å². The first-order chi connectivity index (χ1) is 19.9. The van der Waals surface area contributed by atoms with Gasteiger partial charge in [0.15, 0.2) is 11.5 Å². The van der Waals surface area contributed by atoms with Crippen LogP contribution in [0, 0.1) is 0 Å². The van der Waals surface area contributed by atoms with Gasteiger partial charge in [0, 0.05) is 69.7 Å². The van der Waals surface area contributed by atoms with Crippen LogP contribution in [0.25, 0.3) is 10.9 Å². The number of methoxy groups -OCH3 is 1. The minimum atomic E-state index is 0.102. The maximum absolute atomic E-state index is 11.4. The topological polar surface area (TPSA) is 95.1 Å². The quantitative estimate of drug-likeness (QED) is 0.345. The van der Waals surface area contributed by atoms with E-state index in [0.29, 0.717) is 36.6 Å². The molecule has 0 atom stereocenters. The van der Waals surface area contributed by atoms with E-state index in [4.69, 9.17) is 19.4 Å². The molecule has 3 heterocycles. The maximum Gasteiger partial charge on any atom is 0.227 e. The molecule has 0 radical (unpaired) electrons. The van der Waals surface area contributed by atoms with Crippen molar-refractivity contribution in [3.05, 3.63) is 12.1 Å². The van der Waals surface area contributed by atoms with Crippen LogP contribution in [0.1, 0.15) is 65.2 Å². The summed E-state index contributed by atoms with van der Waals surface area (Å²) in [6.07, 6.45) is 7.71. The van der Waals surface area contributed by atoms with E-state index in [9.17, 15) is 4.79 Å². The van der Waals surface area contributed by atoms with Crippen molar-refractivity contribution in [2.45, 2.75) is 77.3 Å². The van der Waals surface area contributed by atoms with Crippen molar-refractivity contribution in [3.8, 4) is 11.5 Å². The zero-order valence-corrected chi connectivity index (χ0v) is 25.9. The van der Waals surface area contributed by atoms with Crippen LogP contribution in [-0.2, 0) is 4.79 Å². The second-order valence-electron chi connectivity index (χ2n) is 11.8. The molecule has 2 fully saturated rings. The lowest BCUT2D eigenvalue weighted by atomic mass is 10.0. The van der Waals surface area contributed by atoms with Crippen molar-refractivity contribution in [1.29, 1.82) is 0 Å². The summed E-state index contributed by atoms with van der Waals surface area (Å²) in [5.74, 6) is 3.17. The Morgan fingerprint density at radius 2 is 1.78 bits per heavy atom. The number of likely N-dealkylation sites (tertiary alicyclic amines) is 1. The summed E-state index contributed by atoms with van der Waals surface area (Å²) in [5.41, 5.74) is 0.871. The SMILES string of the molecule is CNC(=O)CCCCCCOc1cc2nc(N3CCCN(C)CC3)nc(NC3CCN(C(C)C)CC3)c2cc1OC. The molecular weight excluding hydrogens is 518 g/mol. The third-order valence-corrected chi connectivity index (χ3v) is 8.41. The van der Waals surface area contributed by atoms with E-state index < -0.39 is 0 Å². The number of carbonyl (C=O) groups is 1. The molecule has 10 nitrogen and oxygen atoms in total. The number of fused-ring (bicyclic) bond motifs is 1. The molecule has 228 valence electrons. The average molecular weight is 570 g/mol. The summed E-state index contributed by atoms with van der Waals surface area (Å²) in [4.78, 5) is 28.8. The molecule has 2 aliphatic rings. The Kier molecular flexibility index (Phi) is 11.7. The van der Waals surface area contributed by atoms with Crippen molar-refractivity contribution in [3.63, 3.8) is 0 Å². The molecule has 0 saturated carbocycles. The van der Waals surface area contributed by atoms with E-state index in [0.717, 1.165) is 107 Å². The number of anilines is 2. The second kappa shape index (κ2) is 15.4. The van der Waals surface area contributed by atoms with Crippen LogP contribution in [0.15, 0.2) is 12.1 Å². The Labute approximate surface area is 246 Å². The fourth-order valence-electron chi connectivity index (χ4n) is 5.70. The van der Waals surface area contributed by atoms with Crippen molar-refractivity contribution >= 4 is 28.6 Å². The Balaban J connectivity index is 1.52. The number of rotatable bonds is 13. The summed E-state index contributed by atoms with van der Waals surface area (Å²) < 4.78 is 12.0. The molecule has 2 aliphatic heterocycles. The predicted molar refractivity (Wildman–Crippen MR) is 166 cm³/mol. The molecule has 2 N–H and O–H groups in total. The lowest BCUT2D eigenvalue weighted by Crippen LogP contribution is -2.42. The summed E-state index contributed by atoms with van der Waals surface area (Å²) in [7, 11) is 5.55.